The van der Waals surface area contributed by atoms with Crippen molar-refractivity contribution in [3.05, 3.63) is 94.0 Å². The molecule has 2 aliphatic rings. The molecule has 33 heavy (non-hydrogen) atoms. The van der Waals surface area contributed by atoms with Crippen LogP contribution in [0.15, 0.2) is 59.8 Å². The van der Waals surface area contributed by atoms with Gasteiger partial charge in [0.05, 0.1) is 18.8 Å². The molecule has 7 nitrogen and oxygen atoms in total. The minimum Gasteiger partial charge on any atom is -0.467 e. The topological polar surface area (TPSA) is 88.4 Å². The van der Waals surface area contributed by atoms with Gasteiger partial charge in [-0.1, -0.05) is 5.16 Å². The molecule has 9 heteroatoms. The third kappa shape index (κ3) is 3.62. The van der Waals surface area contributed by atoms with Gasteiger partial charge < -0.3 is 19.6 Å². The highest BCUT2D eigenvalue weighted by Crippen LogP contribution is 2.36. The Morgan fingerprint density at radius 3 is 2.55 bits per heavy atom. The maximum absolute atomic E-state index is 14.2. The summed E-state index contributed by atoms with van der Waals surface area (Å²) >= 11 is 0. The third-order valence-corrected chi connectivity index (χ3v) is 5.54. The van der Waals surface area contributed by atoms with Crippen molar-refractivity contribution in [1.82, 2.24) is 0 Å². The van der Waals surface area contributed by atoms with E-state index >= 15 is 0 Å². The Balaban J connectivity index is 1.52. The van der Waals surface area contributed by atoms with E-state index in [9.17, 15) is 23.6 Å². The SMILES string of the molecule is O=C(c1ccc(F)cc1)c1ccc2c(c1)/C(=N/O)C(=O)N2Cc1cc(F)cc2c1OCOC2. The lowest BCUT2D eigenvalue weighted by Crippen LogP contribution is -2.30. The summed E-state index contributed by atoms with van der Waals surface area (Å²) in [6.07, 6.45) is 0. The predicted molar refractivity (Wildman–Crippen MR) is 112 cm³/mol. The van der Waals surface area contributed by atoms with E-state index in [1.165, 1.54) is 53.4 Å². The van der Waals surface area contributed by atoms with Gasteiger partial charge in [0.2, 0.25) is 0 Å². The summed E-state index contributed by atoms with van der Waals surface area (Å²) < 4.78 is 38.1. The number of ether oxygens (including phenoxy) is 2. The largest absolute Gasteiger partial charge is 0.467 e. The fourth-order valence-corrected chi connectivity index (χ4v) is 4.02. The standard InChI is InChI=1S/C24H16F2N2O5/c25-17-4-1-13(2-5-17)22(29)14-3-6-20-19(9-14)21(27-31)24(30)28(20)10-15-7-18(26)8-16-11-32-12-33-23(15)16/h1-9,31H,10-12H2/b27-21-. The molecule has 0 aliphatic carbocycles. The van der Waals surface area contributed by atoms with Crippen LogP contribution in [0.2, 0.25) is 0 Å². The first-order valence-corrected chi connectivity index (χ1v) is 9.96. The first-order chi connectivity index (χ1) is 16.0. The maximum atomic E-state index is 14.2. The molecule has 5 rings (SSSR count). The van der Waals surface area contributed by atoms with Gasteiger partial charge in [0, 0.05) is 27.8 Å². The molecular weight excluding hydrogens is 434 g/mol. The zero-order valence-electron chi connectivity index (χ0n) is 17.0. The molecular formula is C24H16F2N2O5. The number of anilines is 1. The van der Waals surface area contributed by atoms with Crippen molar-refractivity contribution in [2.24, 2.45) is 5.16 Å². The molecule has 166 valence electrons. The van der Waals surface area contributed by atoms with Crippen LogP contribution in [0, 0.1) is 11.6 Å². The summed E-state index contributed by atoms with van der Waals surface area (Å²) in [5.74, 6) is -1.51. The minimum absolute atomic E-state index is 0.00830. The van der Waals surface area contributed by atoms with Crippen LogP contribution < -0.4 is 9.64 Å². The molecule has 0 saturated heterocycles. The molecule has 0 atom stereocenters. The Labute approximate surface area is 186 Å². The van der Waals surface area contributed by atoms with Crippen LogP contribution in [0.3, 0.4) is 0 Å². The number of oxime groups is 1. The number of hydrogen-bond donors (Lipinski definition) is 1. The molecule has 2 heterocycles. The van der Waals surface area contributed by atoms with Gasteiger partial charge in [-0.2, -0.15) is 0 Å². The van der Waals surface area contributed by atoms with E-state index < -0.39 is 17.5 Å². The van der Waals surface area contributed by atoms with Crippen LogP contribution in [-0.2, 0) is 22.7 Å². The molecule has 0 fully saturated rings. The molecule has 0 unspecified atom stereocenters. The zero-order chi connectivity index (χ0) is 23.1. The number of benzene rings is 3. The van der Waals surface area contributed by atoms with Gasteiger partial charge in [-0.25, -0.2) is 8.78 Å². The van der Waals surface area contributed by atoms with Crippen molar-refractivity contribution >= 4 is 23.1 Å². The molecule has 0 saturated carbocycles. The second-order valence-corrected chi connectivity index (χ2v) is 7.57. The molecule has 0 aromatic heterocycles. The Bertz CT molecular complexity index is 1320. The number of fused-ring (bicyclic) bond motifs is 2. The highest BCUT2D eigenvalue weighted by Gasteiger charge is 2.36. The lowest BCUT2D eigenvalue weighted by atomic mass is 9.99. The van der Waals surface area contributed by atoms with E-state index in [1.807, 2.05) is 0 Å². The van der Waals surface area contributed by atoms with Crippen molar-refractivity contribution in [2.75, 3.05) is 11.7 Å². The van der Waals surface area contributed by atoms with Crippen LogP contribution in [0.4, 0.5) is 14.5 Å². The number of hydrogen-bond acceptors (Lipinski definition) is 6. The summed E-state index contributed by atoms with van der Waals surface area (Å²) in [6.45, 7) is 0.146. The summed E-state index contributed by atoms with van der Waals surface area (Å²) in [4.78, 5) is 27.1. The van der Waals surface area contributed by atoms with Gasteiger partial charge >= 0.3 is 0 Å². The molecule has 1 amide bonds. The van der Waals surface area contributed by atoms with Crippen LogP contribution in [0.25, 0.3) is 0 Å². The van der Waals surface area contributed by atoms with Gasteiger partial charge in [-0.3, -0.25) is 9.59 Å². The second kappa shape index (κ2) is 8.10. The Morgan fingerprint density at radius 2 is 1.79 bits per heavy atom. The number of rotatable bonds is 4. The predicted octanol–water partition coefficient (Wildman–Crippen LogP) is 3.79. The summed E-state index contributed by atoms with van der Waals surface area (Å²) in [7, 11) is 0. The van der Waals surface area contributed by atoms with Crippen LogP contribution in [-0.4, -0.2) is 29.4 Å². The highest BCUT2D eigenvalue weighted by molar-refractivity contribution is 6.54. The van der Waals surface area contributed by atoms with Crippen molar-refractivity contribution in [3.8, 4) is 5.75 Å². The highest BCUT2D eigenvalue weighted by atomic mass is 19.1. The fourth-order valence-electron chi connectivity index (χ4n) is 4.02. The van der Waals surface area contributed by atoms with E-state index in [4.69, 9.17) is 9.47 Å². The molecule has 0 radical (unpaired) electrons. The van der Waals surface area contributed by atoms with Gasteiger partial charge in [-0.05, 0) is 54.6 Å². The molecule has 0 bridgehead atoms. The Kier molecular flexibility index (Phi) is 5.10. The van der Waals surface area contributed by atoms with Crippen LogP contribution in [0.5, 0.6) is 5.75 Å². The van der Waals surface area contributed by atoms with E-state index in [-0.39, 0.29) is 48.1 Å². The van der Waals surface area contributed by atoms with E-state index in [0.29, 0.717) is 22.6 Å². The van der Waals surface area contributed by atoms with Crippen molar-refractivity contribution in [3.63, 3.8) is 0 Å². The fraction of sp³-hybridized carbons (Fsp3) is 0.125. The number of halogens is 2. The number of amides is 1. The summed E-state index contributed by atoms with van der Waals surface area (Å²) in [6, 6.07) is 12.2. The molecule has 2 aliphatic heterocycles. The zero-order valence-corrected chi connectivity index (χ0v) is 17.0. The van der Waals surface area contributed by atoms with E-state index in [1.54, 1.807) is 6.07 Å². The smallest absolute Gasteiger partial charge is 0.281 e. The van der Waals surface area contributed by atoms with Gasteiger partial charge in [0.25, 0.3) is 5.91 Å². The summed E-state index contributed by atoms with van der Waals surface area (Å²) in [5.41, 5.74) is 1.87. The van der Waals surface area contributed by atoms with Crippen LogP contribution >= 0.6 is 0 Å². The lowest BCUT2D eigenvalue weighted by molar-refractivity contribution is -0.112. The number of carbonyl (C=O) groups excluding carboxylic acids is 2. The van der Waals surface area contributed by atoms with Gasteiger partial charge in [0.15, 0.2) is 18.3 Å². The average molecular weight is 450 g/mol. The third-order valence-electron chi connectivity index (χ3n) is 5.54. The minimum atomic E-state index is -0.607. The number of nitrogens with zero attached hydrogens (tertiary/aromatic N) is 2. The molecule has 3 aromatic carbocycles. The Morgan fingerprint density at radius 1 is 1.03 bits per heavy atom. The van der Waals surface area contributed by atoms with Crippen molar-refractivity contribution in [2.45, 2.75) is 13.2 Å². The number of ketones is 1. The normalized spacial score (nSPS) is 15.9. The first-order valence-electron chi connectivity index (χ1n) is 9.96. The monoisotopic (exact) mass is 450 g/mol. The van der Waals surface area contributed by atoms with Crippen LogP contribution in [0.1, 0.15) is 32.6 Å². The van der Waals surface area contributed by atoms with Crippen molar-refractivity contribution in [1.29, 1.82) is 0 Å². The molecule has 0 spiro atoms. The lowest BCUT2D eigenvalue weighted by Gasteiger charge is -2.24. The van der Waals surface area contributed by atoms with Gasteiger partial charge in [-0.15, -0.1) is 0 Å². The number of carbonyl (C=O) groups is 2. The quantitative estimate of drug-likeness (QED) is 0.371. The van der Waals surface area contributed by atoms with Crippen molar-refractivity contribution < 1.29 is 33.1 Å². The second-order valence-electron chi connectivity index (χ2n) is 7.57. The maximum Gasteiger partial charge on any atom is 0.281 e. The van der Waals surface area contributed by atoms with E-state index in [0.717, 1.165) is 0 Å². The first kappa shape index (κ1) is 20.8. The summed E-state index contributed by atoms with van der Waals surface area (Å²) in [5, 5.41) is 12.6. The Hall–Kier alpha value is -4.11. The molecule has 3 aromatic rings. The molecule has 1 N–H and O–H groups in total. The van der Waals surface area contributed by atoms with E-state index in [2.05, 4.69) is 5.16 Å². The van der Waals surface area contributed by atoms with Gasteiger partial charge in [0.1, 0.15) is 17.4 Å². The average Bonchev–Trinajstić information content (AvgIpc) is 3.08.